The van der Waals surface area contributed by atoms with Gasteiger partial charge in [-0.1, -0.05) is 11.6 Å². The maximum Gasteiger partial charge on any atom is 0.169 e. The number of nitrogens with one attached hydrogen (secondary N) is 1. The summed E-state index contributed by atoms with van der Waals surface area (Å²) in [6.45, 7) is 1.53. The third-order valence-electron chi connectivity index (χ3n) is 3.67. The van der Waals surface area contributed by atoms with E-state index in [4.69, 9.17) is 16.3 Å². The Morgan fingerprint density at radius 3 is 2.74 bits per heavy atom. The van der Waals surface area contributed by atoms with Crippen LogP contribution >= 0.6 is 11.6 Å². The Morgan fingerprint density at radius 2 is 2.05 bits per heavy atom. The summed E-state index contributed by atoms with van der Waals surface area (Å²) in [5.41, 5.74) is 1.50. The smallest absolute Gasteiger partial charge is 0.169 e. The van der Waals surface area contributed by atoms with Crippen LogP contribution in [-0.4, -0.2) is 30.0 Å². The number of halogens is 1. The molecule has 5 heteroatoms. The van der Waals surface area contributed by atoms with Gasteiger partial charge in [-0.05, 0) is 31.7 Å². The lowest BCUT2D eigenvalue weighted by molar-refractivity contribution is 0.0904. The van der Waals surface area contributed by atoms with Gasteiger partial charge in [0.15, 0.2) is 5.78 Å². The molecule has 0 amide bonds. The van der Waals surface area contributed by atoms with E-state index in [0.717, 1.165) is 44.6 Å². The lowest BCUT2D eigenvalue weighted by Gasteiger charge is -2.25. The zero-order valence-electron chi connectivity index (χ0n) is 10.7. The normalized spacial score (nSPS) is 20.3. The Bertz CT molecular complexity index is 482. The SMILES string of the molecule is O=C(c1cnc(Cl)cc1NC1CCOCC1)C1CC1. The van der Waals surface area contributed by atoms with Gasteiger partial charge >= 0.3 is 0 Å². The molecule has 0 bridgehead atoms. The largest absolute Gasteiger partial charge is 0.381 e. The third-order valence-corrected chi connectivity index (χ3v) is 3.87. The minimum Gasteiger partial charge on any atom is -0.381 e. The van der Waals surface area contributed by atoms with Crippen molar-refractivity contribution in [2.45, 2.75) is 31.7 Å². The predicted octanol–water partition coefficient (Wildman–Crippen LogP) is 2.92. The van der Waals surface area contributed by atoms with E-state index in [-0.39, 0.29) is 11.7 Å². The van der Waals surface area contributed by atoms with Crippen LogP contribution in [0.2, 0.25) is 5.15 Å². The Labute approximate surface area is 117 Å². The quantitative estimate of drug-likeness (QED) is 0.681. The molecule has 1 N–H and O–H groups in total. The molecule has 1 saturated carbocycles. The number of ether oxygens (including phenoxy) is 1. The highest BCUT2D eigenvalue weighted by atomic mass is 35.5. The van der Waals surface area contributed by atoms with E-state index in [1.807, 2.05) is 0 Å². The minimum absolute atomic E-state index is 0.193. The maximum atomic E-state index is 12.2. The number of Topliss-reactive ketones (excluding diaryl/α,β-unsaturated/α-hetero) is 1. The van der Waals surface area contributed by atoms with Gasteiger partial charge in [0.25, 0.3) is 0 Å². The molecule has 102 valence electrons. The van der Waals surface area contributed by atoms with Gasteiger partial charge in [0.05, 0.1) is 5.56 Å². The van der Waals surface area contributed by atoms with Gasteiger partial charge < -0.3 is 10.1 Å². The molecule has 1 aromatic rings. The van der Waals surface area contributed by atoms with Crippen LogP contribution in [0.15, 0.2) is 12.3 Å². The molecule has 1 aliphatic carbocycles. The van der Waals surface area contributed by atoms with E-state index in [0.29, 0.717) is 16.8 Å². The van der Waals surface area contributed by atoms with E-state index in [9.17, 15) is 4.79 Å². The van der Waals surface area contributed by atoms with Crippen LogP contribution in [0.5, 0.6) is 0 Å². The minimum atomic E-state index is 0.193. The van der Waals surface area contributed by atoms with Crippen molar-refractivity contribution in [2.24, 2.45) is 5.92 Å². The molecule has 1 saturated heterocycles. The average molecular weight is 281 g/mol. The molecule has 0 radical (unpaired) electrons. The lowest BCUT2D eigenvalue weighted by atomic mass is 10.0. The summed E-state index contributed by atoms with van der Waals surface area (Å²) in [7, 11) is 0. The molecular formula is C14H17ClN2O2. The highest BCUT2D eigenvalue weighted by Crippen LogP contribution is 2.35. The van der Waals surface area contributed by atoms with Crippen molar-refractivity contribution in [1.29, 1.82) is 0 Å². The van der Waals surface area contributed by atoms with Gasteiger partial charge in [-0.25, -0.2) is 4.98 Å². The summed E-state index contributed by atoms with van der Waals surface area (Å²) in [4.78, 5) is 16.3. The fraction of sp³-hybridized carbons (Fsp3) is 0.571. The van der Waals surface area contributed by atoms with Gasteiger partial charge in [0, 0.05) is 37.1 Å². The second kappa shape index (κ2) is 5.47. The summed E-state index contributed by atoms with van der Waals surface area (Å²) in [5, 5.41) is 3.85. The molecule has 0 atom stereocenters. The van der Waals surface area contributed by atoms with Crippen LogP contribution in [0.4, 0.5) is 5.69 Å². The van der Waals surface area contributed by atoms with Crippen molar-refractivity contribution in [3.8, 4) is 0 Å². The zero-order valence-corrected chi connectivity index (χ0v) is 11.4. The van der Waals surface area contributed by atoms with Gasteiger partial charge in [-0.15, -0.1) is 0 Å². The molecule has 1 aromatic heterocycles. The Morgan fingerprint density at radius 1 is 1.32 bits per heavy atom. The number of carbonyl (C=O) groups excluding carboxylic acids is 1. The number of aromatic nitrogens is 1. The highest BCUT2D eigenvalue weighted by Gasteiger charge is 2.32. The Hall–Kier alpha value is -1.13. The fourth-order valence-electron chi connectivity index (χ4n) is 2.37. The molecule has 1 aliphatic heterocycles. The van der Waals surface area contributed by atoms with Crippen LogP contribution in [-0.2, 0) is 4.74 Å². The Kier molecular flexibility index (Phi) is 3.71. The van der Waals surface area contributed by atoms with Crippen molar-refractivity contribution in [3.63, 3.8) is 0 Å². The molecule has 2 aliphatic rings. The zero-order chi connectivity index (χ0) is 13.2. The number of hydrogen-bond donors (Lipinski definition) is 1. The van der Waals surface area contributed by atoms with E-state index >= 15 is 0 Å². The first-order valence-corrected chi connectivity index (χ1v) is 7.16. The topological polar surface area (TPSA) is 51.2 Å². The molecule has 0 spiro atoms. The van der Waals surface area contributed by atoms with E-state index in [1.54, 1.807) is 12.3 Å². The average Bonchev–Trinajstić information content (AvgIpc) is 3.24. The van der Waals surface area contributed by atoms with Crippen molar-refractivity contribution in [1.82, 2.24) is 4.98 Å². The first kappa shape index (κ1) is 12.9. The van der Waals surface area contributed by atoms with Gasteiger partial charge in [-0.2, -0.15) is 0 Å². The molecule has 0 aromatic carbocycles. The van der Waals surface area contributed by atoms with Crippen LogP contribution in [0.3, 0.4) is 0 Å². The highest BCUT2D eigenvalue weighted by molar-refractivity contribution is 6.29. The predicted molar refractivity (Wildman–Crippen MR) is 73.8 cm³/mol. The second-order valence-electron chi connectivity index (χ2n) is 5.22. The third kappa shape index (κ3) is 3.07. The molecular weight excluding hydrogens is 264 g/mol. The molecule has 2 heterocycles. The van der Waals surface area contributed by atoms with Crippen molar-refractivity contribution in [3.05, 3.63) is 23.0 Å². The molecule has 4 nitrogen and oxygen atoms in total. The maximum absolute atomic E-state index is 12.2. The van der Waals surface area contributed by atoms with E-state index in [2.05, 4.69) is 10.3 Å². The molecule has 19 heavy (non-hydrogen) atoms. The van der Waals surface area contributed by atoms with Crippen LogP contribution in [0.25, 0.3) is 0 Å². The van der Waals surface area contributed by atoms with Crippen molar-refractivity contribution < 1.29 is 9.53 Å². The summed E-state index contributed by atoms with van der Waals surface area (Å²) in [5.74, 6) is 0.386. The van der Waals surface area contributed by atoms with Crippen molar-refractivity contribution >= 4 is 23.1 Å². The number of rotatable bonds is 4. The van der Waals surface area contributed by atoms with E-state index < -0.39 is 0 Å². The summed E-state index contributed by atoms with van der Waals surface area (Å²) < 4.78 is 5.34. The number of ketones is 1. The summed E-state index contributed by atoms with van der Waals surface area (Å²) in [6, 6.07) is 2.10. The van der Waals surface area contributed by atoms with Crippen LogP contribution in [0, 0.1) is 5.92 Å². The Balaban J connectivity index is 1.80. The first-order chi connectivity index (χ1) is 9.24. The summed E-state index contributed by atoms with van der Waals surface area (Å²) >= 11 is 5.95. The van der Waals surface area contributed by atoms with Crippen molar-refractivity contribution in [2.75, 3.05) is 18.5 Å². The first-order valence-electron chi connectivity index (χ1n) is 6.78. The molecule has 0 unspecified atom stereocenters. The summed E-state index contributed by atoms with van der Waals surface area (Å²) in [6.07, 6.45) is 5.51. The van der Waals surface area contributed by atoms with Crippen LogP contribution < -0.4 is 5.32 Å². The van der Waals surface area contributed by atoms with Gasteiger partial charge in [-0.3, -0.25) is 4.79 Å². The second-order valence-corrected chi connectivity index (χ2v) is 5.61. The standard InChI is InChI=1S/C14H17ClN2O2/c15-13-7-12(17-10-3-5-19-6-4-10)11(8-16-13)14(18)9-1-2-9/h7-10H,1-6H2,(H,16,17). The number of carbonyl (C=O) groups is 1. The number of pyridine rings is 1. The lowest BCUT2D eigenvalue weighted by Crippen LogP contribution is -2.28. The number of anilines is 1. The van der Waals surface area contributed by atoms with Gasteiger partial charge in [0.2, 0.25) is 0 Å². The monoisotopic (exact) mass is 280 g/mol. The molecule has 3 rings (SSSR count). The fourth-order valence-corrected chi connectivity index (χ4v) is 2.53. The number of nitrogens with zero attached hydrogens (tertiary/aromatic N) is 1. The molecule has 2 fully saturated rings. The number of hydrogen-bond acceptors (Lipinski definition) is 4. The van der Waals surface area contributed by atoms with Crippen LogP contribution in [0.1, 0.15) is 36.0 Å². The van der Waals surface area contributed by atoms with E-state index in [1.165, 1.54) is 0 Å². The van der Waals surface area contributed by atoms with Gasteiger partial charge in [0.1, 0.15) is 5.15 Å².